The fourth-order valence-electron chi connectivity index (χ4n) is 3.58. The molecule has 0 amide bonds. The molecule has 0 radical (unpaired) electrons. The van der Waals surface area contributed by atoms with E-state index in [0.29, 0.717) is 57.4 Å². The summed E-state index contributed by atoms with van der Waals surface area (Å²) in [6.07, 6.45) is 0. The van der Waals surface area contributed by atoms with Crippen LogP contribution < -0.4 is 14.4 Å². The summed E-state index contributed by atoms with van der Waals surface area (Å²) in [5, 5.41) is 10.8. The number of fused-ring (bicyclic) bond motifs is 1. The first-order valence-electron chi connectivity index (χ1n) is 9.40. The number of non-ortho nitro benzene ring substituents is 1. The molecule has 0 bridgehead atoms. The van der Waals surface area contributed by atoms with Crippen molar-refractivity contribution >= 4 is 15.7 Å². The predicted molar refractivity (Wildman–Crippen MR) is 104 cm³/mol. The van der Waals surface area contributed by atoms with Crippen LogP contribution in [0.2, 0.25) is 0 Å². The number of rotatable bonds is 5. The Morgan fingerprint density at radius 3 is 2.31 bits per heavy atom. The van der Waals surface area contributed by atoms with Crippen LogP contribution in [0.15, 0.2) is 47.4 Å². The lowest BCUT2D eigenvalue weighted by Gasteiger charge is -2.31. The average Bonchev–Trinajstić information content (AvgIpc) is 2.74. The number of hydrogen-bond donors (Lipinski definition) is 1. The van der Waals surface area contributed by atoms with E-state index in [2.05, 4.69) is 0 Å². The Hall–Kier alpha value is -2.69. The van der Waals surface area contributed by atoms with Crippen molar-refractivity contribution in [3.05, 3.63) is 58.1 Å². The van der Waals surface area contributed by atoms with E-state index >= 15 is 0 Å². The molecule has 0 aromatic heterocycles. The lowest BCUT2D eigenvalue weighted by Crippen LogP contribution is -3.13. The summed E-state index contributed by atoms with van der Waals surface area (Å²) in [7, 11) is -3.60. The number of nitrogens with one attached hydrogen (secondary N) is 1. The second kappa shape index (κ2) is 7.97. The summed E-state index contributed by atoms with van der Waals surface area (Å²) in [5.74, 6) is 1.02. The summed E-state index contributed by atoms with van der Waals surface area (Å²) in [4.78, 5) is 11.8. The van der Waals surface area contributed by atoms with E-state index in [9.17, 15) is 18.5 Å². The first kappa shape index (κ1) is 19.6. The first-order valence-corrected chi connectivity index (χ1v) is 10.8. The Bertz CT molecular complexity index is 1000. The molecule has 0 atom stereocenters. The monoisotopic (exact) mass is 420 g/mol. The molecule has 0 unspecified atom stereocenters. The minimum Gasteiger partial charge on any atom is -0.486 e. The molecule has 4 rings (SSSR count). The normalized spacial score (nSPS) is 17.8. The number of benzene rings is 2. The van der Waals surface area contributed by atoms with Gasteiger partial charge in [-0.3, -0.25) is 10.1 Å². The third-order valence-corrected chi connectivity index (χ3v) is 7.08. The second-order valence-corrected chi connectivity index (χ2v) is 9.00. The Balaban J connectivity index is 1.39. The van der Waals surface area contributed by atoms with Gasteiger partial charge in [0.1, 0.15) is 19.8 Å². The maximum Gasteiger partial charge on any atom is 0.269 e. The van der Waals surface area contributed by atoms with Crippen LogP contribution in [0.5, 0.6) is 11.5 Å². The quantitative estimate of drug-likeness (QED) is 0.557. The Kier molecular flexibility index (Phi) is 5.39. The number of nitro benzene ring substituents is 1. The van der Waals surface area contributed by atoms with Crippen LogP contribution >= 0.6 is 0 Å². The fraction of sp³-hybridized carbons (Fsp3) is 0.368. The molecule has 9 nitrogen and oxygen atoms in total. The third kappa shape index (κ3) is 4.19. The molecule has 10 heteroatoms. The fourth-order valence-corrected chi connectivity index (χ4v) is 5.03. The lowest BCUT2D eigenvalue weighted by atomic mass is 10.2. The lowest BCUT2D eigenvalue weighted by molar-refractivity contribution is -0.917. The van der Waals surface area contributed by atoms with E-state index in [1.165, 1.54) is 27.4 Å². The maximum atomic E-state index is 13.0. The van der Waals surface area contributed by atoms with Crippen LogP contribution in [0.3, 0.4) is 0 Å². The van der Waals surface area contributed by atoms with Gasteiger partial charge in [-0.05, 0) is 24.3 Å². The van der Waals surface area contributed by atoms with Gasteiger partial charge in [0, 0.05) is 23.8 Å². The highest BCUT2D eigenvalue weighted by molar-refractivity contribution is 7.89. The molecule has 0 spiro atoms. The van der Waals surface area contributed by atoms with Crippen molar-refractivity contribution in [1.29, 1.82) is 0 Å². The minimum atomic E-state index is -3.60. The summed E-state index contributed by atoms with van der Waals surface area (Å²) < 4.78 is 38.4. The van der Waals surface area contributed by atoms with Gasteiger partial charge in [-0.1, -0.05) is 0 Å². The van der Waals surface area contributed by atoms with Gasteiger partial charge >= 0.3 is 0 Å². The van der Waals surface area contributed by atoms with Gasteiger partial charge in [0.15, 0.2) is 11.5 Å². The van der Waals surface area contributed by atoms with Crippen molar-refractivity contribution in [1.82, 2.24) is 4.31 Å². The Labute approximate surface area is 168 Å². The topological polar surface area (TPSA) is 103 Å². The molecular weight excluding hydrogens is 398 g/mol. The third-order valence-electron chi connectivity index (χ3n) is 5.18. The van der Waals surface area contributed by atoms with E-state index in [4.69, 9.17) is 9.47 Å². The summed E-state index contributed by atoms with van der Waals surface area (Å²) in [6.45, 7) is 3.73. The zero-order chi connectivity index (χ0) is 20.4. The molecule has 29 heavy (non-hydrogen) atoms. The zero-order valence-electron chi connectivity index (χ0n) is 15.7. The molecule has 2 aliphatic rings. The number of quaternary nitrogens is 1. The minimum absolute atomic E-state index is 0.0686. The van der Waals surface area contributed by atoms with Gasteiger partial charge in [0.2, 0.25) is 10.0 Å². The number of ether oxygens (including phenoxy) is 2. The van der Waals surface area contributed by atoms with Gasteiger partial charge in [-0.2, -0.15) is 4.31 Å². The highest BCUT2D eigenvalue weighted by Crippen LogP contribution is 2.33. The smallest absolute Gasteiger partial charge is 0.269 e. The van der Waals surface area contributed by atoms with Crippen LogP contribution in [0.4, 0.5) is 5.69 Å². The number of nitrogens with zero attached hydrogens (tertiary/aromatic N) is 2. The van der Waals surface area contributed by atoms with Crippen molar-refractivity contribution in [2.45, 2.75) is 11.4 Å². The van der Waals surface area contributed by atoms with Gasteiger partial charge in [-0.15, -0.1) is 0 Å². The number of hydrogen-bond acceptors (Lipinski definition) is 6. The summed E-state index contributed by atoms with van der Waals surface area (Å²) in [6, 6.07) is 11.2. The van der Waals surface area contributed by atoms with E-state index < -0.39 is 14.9 Å². The van der Waals surface area contributed by atoms with Gasteiger partial charge in [-0.25, -0.2) is 8.42 Å². The summed E-state index contributed by atoms with van der Waals surface area (Å²) >= 11 is 0. The van der Waals surface area contributed by atoms with Crippen LogP contribution in [0.25, 0.3) is 0 Å². The molecule has 2 aromatic carbocycles. The number of sulfonamides is 1. The van der Waals surface area contributed by atoms with Crippen LogP contribution in [0.1, 0.15) is 5.56 Å². The highest BCUT2D eigenvalue weighted by Gasteiger charge is 2.31. The Morgan fingerprint density at radius 1 is 1.00 bits per heavy atom. The van der Waals surface area contributed by atoms with Crippen molar-refractivity contribution < 1.29 is 27.7 Å². The molecule has 2 heterocycles. The first-order chi connectivity index (χ1) is 13.9. The summed E-state index contributed by atoms with van der Waals surface area (Å²) in [5.41, 5.74) is 1.06. The van der Waals surface area contributed by atoms with E-state index in [1.807, 2.05) is 0 Å². The molecule has 1 N–H and O–H groups in total. The van der Waals surface area contributed by atoms with Crippen molar-refractivity contribution in [3.63, 3.8) is 0 Å². The zero-order valence-corrected chi connectivity index (χ0v) is 16.6. The molecule has 2 aromatic rings. The molecule has 154 valence electrons. The van der Waals surface area contributed by atoms with Crippen LogP contribution in [-0.4, -0.2) is 57.0 Å². The largest absolute Gasteiger partial charge is 0.486 e. The van der Waals surface area contributed by atoms with Crippen LogP contribution in [-0.2, 0) is 16.6 Å². The van der Waals surface area contributed by atoms with Gasteiger partial charge < -0.3 is 14.4 Å². The molecule has 1 saturated heterocycles. The second-order valence-electron chi connectivity index (χ2n) is 7.06. The molecule has 0 saturated carbocycles. The van der Waals surface area contributed by atoms with Crippen LogP contribution in [0, 0.1) is 10.1 Å². The van der Waals surface area contributed by atoms with E-state index in [-0.39, 0.29) is 10.6 Å². The standard InChI is InChI=1S/C19H21N3O6S/c23-22(24)16-3-1-15(2-4-16)14-20-7-9-21(10-8-20)29(25,26)17-5-6-18-19(13-17)28-12-11-27-18/h1-6,13H,7-12,14H2/p+1. The predicted octanol–water partition coefficient (Wildman–Crippen LogP) is 0.455. The maximum absolute atomic E-state index is 13.0. The number of piperazine rings is 1. The van der Waals surface area contributed by atoms with Crippen molar-refractivity contribution in [2.24, 2.45) is 0 Å². The molecular formula is C19H22N3O6S+. The Morgan fingerprint density at radius 2 is 1.66 bits per heavy atom. The molecule has 1 fully saturated rings. The van der Waals surface area contributed by atoms with Crippen molar-refractivity contribution in [3.8, 4) is 11.5 Å². The van der Waals surface area contributed by atoms with Crippen molar-refractivity contribution in [2.75, 3.05) is 39.4 Å². The van der Waals surface area contributed by atoms with E-state index in [1.54, 1.807) is 24.3 Å². The number of nitro groups is 1. The molecule has 2 aliphatic heterocycles. The van der Waals surface area contributed by atoms with Gasteiger partial charge in [0.05, 0.1) is 36.0 Å². The van der Waals surface area contributed by atoms with E-state index in [0.717, 1.165) is 5.56 Å². The van der Waals surface area contributed by atoms with Gasteiger partial charge in [0.25, 0.3) is 5.69 Å². The highest BCUT2D eigenvalue weighted by atomic mass is 32.2. The molecule has 0 aliphatic carbocycles. The average molecular weight is 420 g/mol. The SMILES string of the molecule is O=[N+]([O-])c1ccc(C[NH+]2CCN(S(=O)(=O)c3ccc4c(c3)OCCO4)CC2)cc1.